The number of nitrogens with zero attached hydrogens (tertiary/aromatic N) is 3. The number of nitrogens with one attached hydrogen (secondary N) is 4. The van der Waals surface area contributed by atoms with Gasteiger partial charge in [-0.1, -0.05) is 86.6 Å². The Kier molecular flexibility index (Phi) is 16.9. The van der Waals surface area contributed by atoms with Gasteiger partial charge in [-0.2, -0.15) is 0 Å². The quantitative estimate of drug-likeness (QED) is 0.0287. The van der Waals surface area contributed by atoms with Crippen LogP contribution in [0.5, 0.6) is 5.75 Å². The first kappa shape index (κ1) is 44.8. The highest BCUT2D eigenvalue weighted by molar-refractivity contribution is 5.97. The van der Waals surface area contributed by atoms with E-state index < -0.39 is 24.0 Å². The van der Waals surface area contributed by atoms with E-state index >= 15 is 0 Å². The van der Waals surface area contributed by atoms with E-state index in [-0.39, 0.29) is 24.7 Å². The van der Waals surface area contributed by atoms with Crippen molar-refractivity contribution < 1.29 is 19.1 Å². The summed E-state index contributed by atoms with van der Waals surface area (Å²) in [4.78, 5) is 48.0. The first-order chi connectivity index (χ1) is 29.1. The molecule has 4 aromatic carbocycles. The Balaban J connectivity index is 1.35. The van der Waals surface area contributed by atoms with E-state index in [1.54, 1.807) is 19.2 Å². The molecule has 0 spiro atoms. The van der Waals surface area contributed by atoms with E-state index in [1.165, 1.54) is 22.3 Å². The zero-order valence-corrected chi connectivity index (χ0v) is 35.4. The standard InChI is InChI=1S/C47H61N9O4/c1-5-55(6-2)30-37-32-56(31-36-18-11-10-14-33(36)3)43-29-38(22-25-40(37)43)52-47(59)54-42(28-35-20-23-39(60-4)24-21-35)45(58)53-41(19-13-27-51-46(48)49)44(57)50-26-12-17-34-15-8-7-9-16-34/h7-11,14-16,18,20-25,29,32,41-42H,5-6,12-13,17,19,26-28,30-31H2,1-4H3,(H,50,57)(H,53,58)(H4,48,49,51)(H2,52,54,59)/t41-,42-/m0/s1. The van der Waals surface area contributed by atoms with Gasteiger partial charge in [-0.25, -0.2) is 4.79 Å². The van der Waals surface area contributed by atoms with Crippen LogP contribution in [0.25, 0.3) is 10.9 Å². The fraction of sp³-hybridized carbons (Fsp3) is 0.362. The minimum Gasteiger partial charge on any atom is -0.497 e. The number of aromatic nitrogens is 1. The number of anilines is 1. The number of ether oxygens (including phenoxy) is 1. The average Bonchev–Trinajstić information content (AvgIpc) is 3.58. The Hall–Kier alpha value is -6.34. The predicted molar refractivity (Wildman–Crippen MR) is 241 cm³/mol. The maximum absolute atomic E-state index is 14.2. The minimum absolute atomic E-state index is 0.0468. The number of fused-ring (bicyclic) bond motifs is 1. The number of methoxy groups -OCH3 is 1. The van der Waals surface area contributed by atoms with Gasteiger partial charge in [0.1, 0.15) is 17.8 Å². The minimum atomic E-state index is -1.03. The molecule has 13 nitrogen and oxygen atoms in total. The van der Waals surface area contributed by atoms with Crippen molar-refractivity contribution in [1.82, 2.24) is 25.4 Å². The molecule has 1 aromatic heterocycles. The summed E-state index contributed by atoms with van der Waals surface area (Å²) in [6, 6.07) is 29.1. The lowest BCUT2D eigenvalue weighted by molar-refractivity contribution is -0.130. The number of benzene rings is 4. The number of rotatable bonds is 22. The van der Waals surface area contributed by atoms with Gasteiger partial charge in [-0.3, -0.25) is 19.5 Å². The maximum Gasteiger partial charge on any atom is 0.319 e. The Bertz CT molecular complexity index is 2180. The molecule has 60 heavy (non-hydrogen) atoms. The van der Waals surface area contributed by atoms with Crippen LogP contribution in [-0.2, 0) is 35.5 Å². The van der Waals surface area contributed by atoms with Crippen LogP contribution >= 0.6 is 0 Å². The van der Waals surface area contributed by atoms with Gasteiger partial charge < -0.3 is 42.0 Å². The summed E-state index contributed by atoms with van der Waals surface area (Å²) in [5.41, 5.74) is 18.2. The summed E-state index contributed by atoms with van der Waals surface area (Å²) in [5, 5.41) is 12.9. The van der Waals surface area contributed by atoms with Gasteiger partial charge in [0.2, 0.25) is 11.8 Å². The summed E-state index contributed by atoms with van der Waals surface area (Å²) in [5.74, 6) is -0.209. The van der Waals surface area contributed by atoms with E-state index in [9.17, 15) is 14.4 Å². The largest absolute Gasteiger partial charge is 0.497 e. The van der Waals surface area contributed by atoms with Crippen LogP contribution < -0.4 is 37.5 Å². The van der Waals surface area contributed by atoms with Crippen molar-refractivity contribution in [3.05, 3.63) is 131 Å². The summed E-state index contributed by atoms with van der Waals surface area (Å²) in [7, 11) is 1.58. The van der Waals surface area contributed by atoms with E-state index in [1.807, 2.05) is 66.7 Å². The number of amides is 4. The van der Waals surface area contributed by atoms with E-state index in [0.717, 1.165) is 48.9 Å². The van der Waals surface area contributed by atoms with Gasteiger partial charge in [-0.15, -0.1) is 0 Å². The lowest BCUT2D eigenvalue weighted by Gasteiger charge is -2.23. The van der Waals surface area contributed by atoms with Crippen molar-refractivity contribution in [3.8, 4) is 5.75 Å². The number of aryl methyl sites for hydroxylation is 2. The normalized spacial score (nSPS) is 12.1. The lowest BCUT2D eigenvalue weighted by atomic mass is 10.0. The van der Waals surface area contributed by atoms with Crippen LogP contribution in [0.2, 0.25) is 0 Å². The van der Waals surface area contributed by atoms with Gasteiger partial charge in [0.05, 0.1) is 12.6 Å². The molecule has 2 atom stereocenters. The monoisotopic (exact) mass is 815 g/mol. The number of carbonyl (C=O) groups excluding carboxylic acids is 3. The van der Waals surface area contributed by atoms with Gasteiger partial charge >= 0.3 is 6.03 Å². The fourth-order valence-electron chi connectivity index (χ4n) is 7.21. The molecule has 5 aromatic rings. The third kappa shape index (κ3) is 13.3. The molecule has 318 valence electrons. The SMILES string of the molecule is CCN(CC)Cc1cn(Cc2ccccc2C)c2cc(NC(=O)N[C@@H](Cc3ccc(OC)cc3)C(=O)N[C@@H](CCCN=C(N)N)C(=O)NCCCc3ccccc3)ccc12. The van der Waals surface area contributed by atoms with Crippen LogP contribution in [0.4, 0.5) is 10.5 Å². The second kappa shape index (κ2) is 22.7. The van der Waals surface area contributed by atoms with Gasteiger partial charge in [-0.05, 0) is 97.8 Å². The molecular weight excluding hydrogens is 755 g/mol. The Labute approximate surface area is 353 Å². The molecule has 0 aliphatic carbocycles. The Morgan fingerprint density at radius 2 is 1.55 bits per heavy atom. The van der Waals surface area contributed by atoms with Crippen molar-refractivity contribution in [3.63, 3.8) is 0 Å². The van der Waals surface area contributed by atoms with Crippen LogP contribution in [0, 0.1) is 6.92 Å². The molecule has 0 bridgehead atoms. The second-order valence-corrected chi connectivity index (χ2v) is 15.0. The molecule has 4 amide bonds. The highest BCUT2D eigenvalue weighted by atomic mass is 16.5. The summed E-state index contributed by atoms with van der Waals surface area (Å²) in [6.07, 6.45) is 4.63. The first-order valence-corrected chi connectivity index (χ1v) is 20.8. The summed E-state index contributed by atoms with van der Waals surface area (Å²) < 4.78 is 7.57. The molecule has 0 radical (unpaired) electrons. The van der Waals surface area contributed by atoms with Crippen molar-refractivity contribution in [1.29, 1.82) is 0 Å². The van der Waals surface area contributed by atoms with Crippen molar-refractivity contribution >= 4 is 40.4 Å². The smallest absolute Gasteiger partial charge is 0.319 e. The van der Waals surface area contributed by atoms with Crippen molar-refractivity contribution in [2.24, 2.45) is 16.5 Å². The Morgan fingerprint density at radius 1 is 0.817 bits per heavy atom. The van der Waals surface area contributed by atoms with Crippen LogP contribution in [0.15, 0.2) is 108 Å². The van der Waals surface area contributed by atoms with Gasteiger partial charge in [0.25, 0.3) is 0 Å². The third-order valence-corrected chi connectivity index (χ3v) is 10.7. The molecule has 13 heteroatoms. The van der Waals surface area contributed by atoms with E-state index in [0.29, 0.717) is 37.5 Å². The van der Waals surface area contributed by atoms with Gasteiger partial charge in [0, 0.05) is 49.9 Å². The number of carbonyl (C=O) groups is 3. The molecule has 0 aliphatic heterocycles. The predicted octanol–water partition coefficient (Wildman–Crippen LogP) is 5.87. The molecule has 0 saturated heterocycles. The highest BCUT2D eigenvalue weighted by Gasteiger charge is 2.27. The second-order valence-electron chi connectivity index (χ2n) is 15.0. The van der Waals surface area contributed by atoms with Crippen LogP contribution in [0.3, 0.4) is 0 Å². The Morgan fingerprint density at radius 3 is 2.25 bits per heavy atom. The average molecular weight is 816 g/mol. The third-order valence-electron chi connectivity index (χ3n) is 10.7. The zero-order valence-electron chi connectivity index (χ0n) is 35.4. The number of nitrogens with two attached hydrogens (primary N) is 2. The molecule has 0 unspecified atom stereocenters. The number of hydrogen-bond donors (Lipinski definition) is 6. The van der Waals surface area contributed by atoms with Crippen molar-refractivity contribution in [2.75, 3.05) is 38.6 Å². The summed E-state index contributed by atoms with van der Waals surface area (Å²) >= 11 is 0. The maximum atomic E-state index is 14.2. The molecule has 0 aliphatic rings. The van der Waals surface area contributed by atoms with Crippen LogP contribution in [-0.4, -0.2) is 78.6 Å². The van der Waals surface area contributed by atoms with Crippen molar-refractivity contribution in [2.45, 2.75) is 78.0 Å². The zero-order chi connectivity index (χ0) is 42.9. The van der Waals surface area contributed by atoms with E-state index in [2.05, 4.69) is 80.9 Å². The van der Waals surface area contributed by atoms with E-state index in [4.69, 9.17) is 16.2 Å². The molecule has 0 fully saturated rings. The number of guanidine groups is 1. The molecule has 0 saturated carbocycles. The summed E-state index contributed by atoms with van der Waals surface area (Å²) in [6.45, 7) is 10.5. The molecule has 1 heterocycles. The molecule has 5 rings (SSSR count). The molecule has 8 N–H and O–H groups in total. The number of urea groups is 1. The topological polar surface area (TPSA) is 181 Å². The lowest BCUT2D eigenvalue weighted by Crippen LogP contribution is -2.55. The number of aliphatic imine (C=N–C) groups is 1. The number of hydrogen-bond acceptors (Lipinski definition) is 6. The molecular formula is C47H61N9O4. The van der Waals surface area contributed by atoms with Gasteiger partial charge in [0.15, 0.2) is 5.96 Å². The highest BCUT2D eigenvalue weighted by Crippen LogP contribution is 2.28. The fourth-order valence-corrected chi connectivity index (χ4v) is 7.21. The first-order valence-electron chi connectivity index (χ1n) is 20.8. The van der Waals surface area contributed by atoms with Crippen LogP contribution in [0.1, 0.15) is 60.9 Å².